The van der Waals surface area contributed by atoms with E-state index in [2.05, 4.69) is 47.5 Å². The monoisotopic (exact) mass is 387 g/mol. The number of carbonyl (C=O) groups excluding carboxylic acids is 1. The van der Waals surface area contributed by atoms with E-state index in [0.29, 0.717) is 5.96 Å². The third-order valence-corrected chi connectivity index (χ3v) is 4.38. The van der Waals surface area contributed by atoms with Gasteiger partial charge < -0.3 is 5.32 Å². The van der Waals surface area contributed by atoms with E-state index in [-0.39, 0.29) is 11.4 Å². The number of nitrogens with zero attached hydrogens (tertiary/aromatic N) is 1. The van der Waals surface area contributed by atoms with Gasteiger partial charge in [0.15, 0.2) is 12.0 Å². The van der Waals surface area contributed by atoms with E-state index in [0.717, 1.165) is 14.5 Å². The molecule has 0 saturated carbocycles. The zero-order chi connectivity index (χ0) is 14.2. The van der Waals surface area contributed by atoms with Crippen LogP contribution in [-0.2, 0) is 4.79 Å². The van der Waals surface area contributed by atoms with Gasteiger partial charge in [0.1, 0.15) is 0 Å². The zero-order valence-corrected chi connectivity index (χ0v) is 14.1. The maximum atomic E-state index is 12.0. The van der Waals surface area contributed by atoms with E-state index < -0.39 is 6.04 Å². The van der Waals surface area contributed by atoms with Gasteiger partial charge in [-0.2, -0.15) is 0 Å². The highest BCUT2D eigenvalue weighted by Gasteiger charge is 2.29. The van der Waals surface area contributed by atoms with Crippen molar-refractivity contribution in [3.63, 3.8) is 0 Å². The fourth-order valence-corrected chi connectivity index (χ4v) is 2.38. The van der Waals surface area contributed by atoms with Gasteiger partial charge in [0.25, 0.3) is 5.91 Å². The smallest absolute Gasteiger partial charge is 0.256 e. The number of carbonyl (C=O) groups is 1. The van der Waals surface area contributed by atoms with Gasteiger partial charge in [-0.3, -0.25) is 10.1 Å². The number of hydrogen-bond acceptors (Lipinski definition) is 3. The Labute approximate surface area is 129 Å². The minimum absolute atomic E-state index is 0.110. The second kappa shape index (κ2) is 5.25. The van der Waals surface area contributed by atoms with Crippen molar-refractivity contribution in [3.8, 4) is 0 Å². The molecule has 2 N–H and O–H groups in total. The summed E-state index contributed by atoms with van der Waals surface area (Å²) in [7, 11) is 0. The normalized spacial score (nSPS) is 19.1. The lowest BCUT2D eigenvalue weighted by Gasteiger charge is -2.21. The Hall–Kier alpha value is -0.880. The van der Waals surface area contributed by atoms with Crippen LogP contribution in [0.5, 0.6) is 0 Å². The predicted octanol–water partition coefficient (Wildman–Crippen LogP) is 3.13. The third-order valence-electron chi connectivity index (χ3n) is 2.50. The molecule has 0 spiro atoms. The molecule has 0 saturated heterocycles. The number of benzene rings is 1. The van der Waals surface area contributed by atoms with Gasteiger partial charge in [0.2, 0.25) is 0 Å². The second-order valence-electron chi connectivity index (χ2n) is 5.42. The van der Waals surface area contributed by atoms with Gasteiger partial charge in [-0.1, -0.05) is 6.07 Å². The summed E-state index contributed by atoms with van der Waals surface area (Å²) in [6.45, 7) is 6.06. The highest BCUT2D eigenvalue weighted by molar-refractivity contribution is 9.13. The summed E-state index contributed by atoms with van der Waals surface area (Å²) in [6, 6.07) is 5.20. The van der Waals surface area contributed by atoms with Crippen LogP contribution in [-0.4, -0.2) is 17.4 Å². The molecular formula is C13H15Br2N3O. The fraction of sp³-hybridized carbons (Fsp3) is 0.385. The Morgan fingerprint density at radius 2 is 1.95 bits per heavy atom. The Balaban J connectivity index is 2.25. The number of guanidine groups is 1. The average Bonchev–Trinajstić information content (AvgIpc) is 2.61. The molecule has 1 aromatic carbocycles. The van der Waals surface area contributed by atoms with E-state index in [9.17, 15) is 4.79 Å². The molecule has 6 heteroatoms. The van der Waals surface area contributed by atoms with Crippen molar-refractivity contribution in [3.05, 3.63) is 32.7 Å². The van der Waals surface area contributed by atoms with Crippen molar-refractivity contribution in [2.24, 2.45) is 4.99 Å². The summed E-state index contributed by atoms with van der Waals surface area (Å²) in [5.41, 5.74) is 0.722. The highest BCUT2D eigenvalue weighted by atomic mass is 79.9. The Kier molecular flexibility index (Phi) is 4.01. The van der Waals surface area contributed by atoms with Crippen LogP contribution < -0.4 is 10.6 Å². The minimum atomic E-state index is -0.491. The molecule has 0 aromatic heterocycles. The molecule has 19 heavy (non-hydrogen) atoms. The summed E-state index contributed by atoms with van der Waals surface area (Å²) in [5, 5.41) is 5.94. The summed E-state index contributed by atoms with van der Waals surface area (Å²) >= 11 is 6.84. The van der Waals surface area contributed by atoms with Crippen LogP contribution in [0.4, 0.5) is 0 Å². The van der Waals surface area contributed by atoms with E-state index in [1.165, 1.54) is 0 Å². The quantitative estimate of drug-likeness (QED) is 0.776. The maximum absolute atomic E-state index is 12.0. The first kappa shape index (κ1) is 14.5. The molecule has 102 valence electrons. The van der Waals surface area contributed by atoms with E-state index in [4.69, 9.17) is 0 Å². The molecule has 1 unspecified atom stereocenters. The van der Waals surface area contributed by atoms with Gasteiger partial charge in [-0.15, -0.1) is 0 Å². The molecule has 0 bridgehead atoms. The van der Waals surface area contributed by atoms with E-state index in [1.807, 2.05) is 39.0 Å². The molecular weight excluding hydrogens is 374 g/mol. The summed E-state index contributed by atoms with van der Waals surface area (Å²) in [4.78, 5) is 16.4. The van der Waals surface area contributed by atoms with E-state index >= 15 is 0 Å². The largest absolute Gasteiger partial charge is 0.351 e. The van der Waals surface area contributed by atoms with Gasteiger partial charge in [-0.05, 0) is 70.3 Å². The average molecular weight is 389 g/mol. The lowest BCUT2D eigenvalue weighted by Crippen LogP contribution is -2.46. The molecule has 1 aromatic rings. The molecule has 0 aliphatic carbocycles. The third kappa shape index (κ3) is 3.57. The summed E-state index contributed by atoms with van der Waals surface area (Å²) in [5.74, 6) is 0.419. The first-order chi connectivity index (χ1) is 8.76. The molecule has 2 rings (SSSR count). The molecule has 0 radical (unpaired) electrons. The Bertz CT molecular complexity index is 549. The number of nitrogens with one attached hydrogen (secondary N) is 2. The topological polar surface area (TPSA) is 53.5 Å². The van der Waals surface area contributed by atoms with Crippen LogP contribution in [0, 0.1) is 0 Å². The van der Waals surface area contributed by atoms with Gasteiger partial charge in [-0.25, -0.2) is 4.99 Å². The predicted molar refractivity (Wildman–Crippen MR) is 83.0 cm³/mol. The lowest BCUT2D eigenvalue weighted by atomic mass is 10.1. The number of amides is 1. The first-order valence-corrected chi connectivity index (χ1v) is 7.47. The molecule has 1 aliphatic heterocycles. The molecule has 1 heterocycles. The minimum Gasteiger partial charge on any atom is -0.351 e. The van der Waals surface area contributed by atoms with Gasteiger partial charge in [0, 0.05) is 14.5 Å². The number of halogens is 2. The molecule has 0 fully saturated rings. The van der Waals surface area contributed by atoms with Crippen LogP contribution in [0.2, 0.25) is 0 Å². The van der Waals surface area contributed by atoms with Crippen LogP contribution >= 0.6 is 31.9 Å². The fourth-order valence-electron chi connectivity index (χ4n) is 1.73. The van der Waals surface area contributed by atoms with Crippen LogP contribution in [0.1, 0.15) is 32.4 Å². The number of aliphatic imine (C=N–C) groups is 1. The van der Waals surface area contributed by atoms with Gasteiger partial charge >= 0.3 is 0 Å². The number of hydrogen-bond donors (Lipinski definition) is 2. The van der Waals surface area contributed by atoms with Crippen molar-refractivity contribution in [2.75, 3.05) is 0 Å². The lowest BCUT2D eigenvalue weighted by molar-refractivity contribution is -0.120. The summed E-state index contributed by atoms with van der Waals surface area (Å²) < 4.78 is 1.86. The van der Waals surface area contributed by atoms with Crippen LogP contribution in [0.25, 0.3) is 0 Å². The SMILES string of the molecule is CC(C)(C)NC1=NC(c2ccc(Br)c(Br)c2)C(=O)N1. The molecule has 1 atom stereocenters. The van der Waals surface area contributed by atoms with Crippen molar-refractivity contribution in [1.29, 1.82) is 0 Å². The molecule has 1 aliphatic rings. The Morgan fingerprint density at radius 3 is 2.53 bits per heavy atom. The van der Waals surface area contributed by atoms with Crippen molar-refractivity contribution < 1.29 is 4.79 Å². The maximum Gasteiger partial charge on any atom is 0.256 e. The summed E-state index contributed by atoms with van der Waals surface area (Å²) in [6.07, 6.45) is 0. The first-order valence-electron chi connectivity index (χ1n) is 5.88. The highest BCUT2D eigenvalue weighted by Crippen LogP contribution is 2.29. The van der Waals surface area contributed by atoms with Crippen molar-refractivity contribution >= 4 is 43.7 Å². The van der Waals surface area contributed by atoms with Crippen molar-refractivity contribution in [2.45, 2.75) is 32.4 Å². The molecule has 1 amide bonds. The van der Waals surface area contributed by atoms with Crippen LogP contribution in [0.15, 0.2) is 32.1 Å². The standard InChI is InChI=1S/C13H15Br2N3O/c1-13(2,3)18-12-16-10(11(19)17-12)7-4-5-8(14)9(15)6-7/h4-6,10H,1-3H3,(H2,16,17,18,19). The van der Waals surface area contributed by atoms with Crippen LogP contribution in [0.3, 0.4) is 0 Å². The van der Waals surface area contributed by atoms with Gasteiger partial charge in [0.05, 0.1) is 0 Å². The number of rotatable bonds is 1. The van der Waals surface area contributed by atoms with Crippen molar-refractivity contribution in [1.82, 2.24) is 10.6 Å². The Morgan fingerprint density at radius 1 is 1.26 bits per heavy atom. The second-order valence-corrected chi connectivity index (χ2v) is 7.13. The van der Waals surface area contributed by atoms with E-state index in [1.54, 1.807) is 0 Å². The zero-order valence-electron chi connectivity index (χ0n) is 10.9. The molecule has 4 nitrogen and oxygen atoms in total.